The van der Waals surface area contributed by atoms with Crippen molar-refractivity contribution >= 4 is 30.2 Å². The molecule has 2 N–H and O–H groups in total. The minimum atomic E-state index is 0. The summed E-state index contributed by atoms with van der Waals surface area (Å²) < 4.78 is 21.2. The predicted octanol–water partition coefficient (Wildman–Crippen LogP) is 3.90. The van der Waals surface area contributed by atoms with Crippen molar-refractivity contribution in [2.24, 2.45) is 0 Å². The number of methoxy groups -OCH3 is 4. The van der Waals surface area contributed by atoms with Crippen LogP contribution in [-0.2, 0) is 0 Å². The van der Waals surface area contributed by atoms with Crippen molar-refractivity contribution in [2.45, 2.75) is 0 Å². The first-order valence-electron chi connectivity index (χ1n) is 7.04. The molecule has 0 fully saturated rings. The average Bonchev–Trinajstić information content (AvgIpc) is 2.59. The lowest BCUT2D eigenvalue weighted by Crippen LogP contribution is -1.95. The maximum absolute atomic E-state index is 6.02. The van der Waals surface area contributed by atoms with Gasteiger partial charge in [0.2, 0.25) is 5.75 Å². The normalized spacial score (nSPS) is 10.2. The Morgan fingerprint density at radius 2 is 1.42 bits per heavy atom. The second-order valence-electron chi connectivity index (χ2n) is 4.79. The van der Waals surface area contributed by atoms with Gasteiger partial charge in [0.25, 0.3) is 0 Å². The summed E-state index contributed by atoms with van der Waals surface area (Å²) in [7, 11) is 6.37. The fourth-order valence-corrected chi connectivity index (χ4v) is 2.22. The van der Waals surface area contributed by atoms with E-state index in [-0.39, 0.29) is 12.4 Å². The van der Waals surface area contributed by atoms with E-state index in [9.17, 15) is 0 Å². The van der Waals surface area contributed by atoms with Crippen LogP contribution in [0.25, 0.3) is 12.2 Å². The van der Waals surface area contributed by atoms with Crippen LogP contribution in [0.2, 0.25) is 0 Å². The zero-order valence-corrected chi connectivity index (χ0v) is 15.0. The summed E-state index contributed by atoms with van der Waals surface area (Å²) in [6, 6.07) is 9.30. The summed E-state index contributed by atoms with van der Waals surface area (Å²) in [5.74, 6) is 2.51. The molecule has 6 heteroatoms. The van der Waals surface area contributed by atoms with Gasteiger partial charge in [-0.1, -0.05) is 12.2 Å². The van der Waals surface area contributed by atoms with E-state index in [2.05, 4.69) is 0 Å². The van der Waals surface area contributed by atoms with Gasteiger partial charge in [-0.05, 0) is 35.4 Å². The van der Waals surface area contributed by atoms with E-state index in [0.29, 0.717) is 22.9 Å². The largest absolute Gasteiger partial charge is 0.497 e. The molecule has 2 aromatic carbocycles. The van der Waals surface area contributed by atoms with Crippen LogP contribution in [0.15, 0.2) is 30.3 Å². The number of halogens is 1. The summed E-state index contributed by atoms with van der Waals surface area (Å²) >= 11 is 0. The van der Waals surface area contributed by atoms with Gasteiger partial charge >= 0.3 is 0 Å². The first kappa shape index (κ1) is 19.5. The van der Waals surface area contributed by atoms with Crippen LogP contribution in [0.4, 0.5) is 5.69 Å². The van der Waals surface area contributed by atoms with Crippen molar-refractivity contribution in [2.75, 3.05) is 34.2 Å². The molecule has 0 radical (unpaired) electrons. The highest BCUT2D eigenvalue weighted by molar-refractivity contribution is 5.85. The summed E-state index contributed by atoms with van der Waals surface area (Å²) in [4.78, 5) is 0. The van der Waals surface area contributed by atoms with Crippen LogP contribution in [-0.4, -0.2) is 28.4 Å². The average molecular weight is 352 g/mol. The quantitative estimate of drug-likeness (QED) is 0.631. The van der Waals surface area contributed by atoms with Gasteiger partial charge in [0.15, 0.2) is 11.5 Å². The van der Waals surface area contributed by atoms with Gasteiger partial charge in [-0.2, -0.15) is 0 Å². The van der Waals surface area contributed by atoms with E-state index in [0.717, 1.165) is 16.9 Å². The molecule has 0 amide bonds. The second-order valence-corrected chi connectivity index (χ2v) is 4.79. The standard InChI is InChI=1S/C18H21NO4.ClH/c1-20-14-8-7-13(15(19)11-14)6-5-12-9-16(21-2)18(23-4)17(10-12)22-3;/h5-11H,19H2,1-4H3;1H/b6-5-;. The number of anilines is 1. The Morgan fingerprint density at radius 1 is 0.792 bits per heavy atom. The Labute approximate surface area is 148 Å². The fraction of sp³-hybridized carbons (Fsp3) is 0.222. The van der Waals surface area contributed by atoms with Gasteiger partial charge in [0, 0.05) is 11.8 Å². The molecule has 0 unspecified atom stereocenters. The molecule has 2 rings (SSSR count). The first-order chi connectivity index (χ1) is 11.1. The molecule has 0 atom stereocenters. The number of nitrogens with two attached hydrogens (primary N) is 1. The van der Waals surface area contributed by atoms with Gasteiger partial charge in [-0.3, -0.25) is 0 Å². The number of hydrogen-bond acceptors (Lipinski definition) is 5. The van der Waals surface area contributed by atoms with Crippen molar-refractivity contribution in [3.05, 3.63) is 41.5 Å². The molecule has 0 saturated carbocycles. The van der Waals surface area contributed by atoms with Crippen molar-refractivity contribution in [3.63, 3.8) is 0 Å². The molecule has 2 aromatic rings. The molecule has 0 spiro atoms. The third-order valence-electron chi connectivity index (χ3n) is 3.44. The van der Waals surface area contributed by atoms with Crippen LogP contribution in [0, 0.1) is 0 Å². The van der Waals surface area contributed by atoms with E-state index in [1.807, 2.05) is 36.4 Å². The van der Waals surface area contributed by atoms with Gasteiger partial charge in [0.05, 0.1) is 28.4 Å². The number of rotatable bonds is 6. The molecule has 0 aliphatic heterocycles. The highest BCUT2D eigenvalue weighted by Gasteiger charge is 2.12. The SMILES string of the molecule is COc1ccc(/C=C\c2cc(OC)c(OC)c(OC)c2)c(N)c1.Cl. The summed E-state index contributed by atoms with van der Waals surface area (Å²) in [6.07, 6.45) is 3.86. The maximum Gasteiger partial charge on any atom is 0.203 e. The third-order valence-corrected chi connectivity index (χ3v) is 3.44. The van der Waals surface area contributed by atoms with Crippen molar-refractivity contribution in [3.8, 4) is 23.0 Å². The first-order valence-corrected chi connectivity index (χ1v) is 7.04. The number of ether oxygens (including phenoxy) is 4. The van der Waals surface area contributed by atoms with Crippen LogP contribution >= 0.6 is 12.4 Å². The lowest BCUT2D eigenvalue weighted by Gasteiger charge is -2.12. The molecule has 130 valence electrons. The van der Waals surface area contributed by atoms with Gasteiger partial charge < -0.3 is 24.7 Å². The Balaban J connectivity index is 0.00000288. The monoisotopic (exact) mass is 351 g/mol. The molecular formula is C18H22ClNO4. The Bertz CT molecular complexity index is 691. The van der Waals surface area contributed by atoms with Gasteiger partial charge in [0.1, 0.15) is 5.75 Å². The molecule has 0 saturated heterocycles. The van der Waals surface area contributed by atoms with E-state index in [1.165, 1.54) is 0 Å². The minimum Gasteiger partial charge on any atom is -0.497 e. The van der Waals surface area contributed by atoms with Crippen molar-refractivity contribution in [1.29, 1.82) is 0 Å². The van der Waals surface area contributed by atoms with E-state index in [1.54, 1.807) is 34.5 Å². The maximum atomic E-state index is 6.02. The third kappa shape index (κ3) is 4.26. The highest BCUT2D eigenvalue weighted by Crippen LogP contribution is 2.38. The fourth-order valence-electron chi connectivity index (χ4n) is 2.22. The van der Waals surface area contributed by atoms with Crippen LogP contribution in [0.3, 0.4) is 0 Å². The molecule has 0 heterocycles. The summed E-state index contributed by atoms with van der Waals surface area (Å²) in [5.41, 5.74) is 8.48. The molecule has 0 aliphatic carbocycles. The molecular weight excluding hydrogens is 330 g/mol. The summed E-state index contributed by atoms with van der Waals surface area (Å²) in [6.45, 7) is 0. The molecule has 0 aliphatic rings. The molecule has 24 heavy (non-hydrogen) atoms. The van der Waals surface area contributed by atoms with Crippen molar-refractivity contribution in [1.82, 2.24) is 0 Å². The Kier molecular flexibility index (Phi) is 7.27. The smallest absolute Gasteiger partial charge is 0.203 e. The van der Waals surface area contributed by atoms with E-state index in [4.69, 9.17) is 24.7 Å². The Morgan fingerprint density at radius 3 is 1.88 bits per heavy atom. The molecule has 0 aromatic heterocycles. The van der Waals surface area contributed by atoms with Crippen LogP contribution in [0.5, 0.6) is 23.0 Å². The predicted molar refractivity (Wildman–Crippen MR) is 99.7 cm³/mol. The number of nitrogen functional groups attached to an aromatic ring is 1. The molecule has 5 nitrogen and oxygen atoms in total. The zero-order chi connectivity index (χ0) is 16.8. The zero-order valence-electron chi connectivity index (χ0n) is 14.2. The lowest BCUT2D eigenvalue weighted by molar-refractivity contribution is 0.324. The van der Waals surface area contributed by atoms with Crippen LogP contribution in [0.1, 0.15) is 11.1 Å². The Hall–Kier alpha value is -2.53. The van der Waals surface area contributed by atoms with Gasteiger partial charge in [-0.25, -0.2) is 0 Å². The van der Waals surface area contributed by atoms with Crippen LogP contribution < -0.4 is 24.7 Å². The van der Waals surface area contributed by atoms with E-state index < -0.39 is 0 Å². The van der Waals surface area contributed by atoms with E-state index >= 15 is 0 Å². The van der Waals surface area contributed by atoms with Gasteiger partial charge in [-0.15, -0.1) is 12.4 Å². The summed E-state index contributed by atoms with van der Waals surface area (Å²) in [5, 5.41) is 0. The van der Waals surface area contributed by atoms with Crippen molar-refractivity contribution < 1.29 is 18.9 Å². The number of hydrogen-bond donors (Lipinski definition) is 1. The topological polar surface area (TPSA) is 62.9 Å². The molecule has 0 bridgehead atoms. The number of benzene rings is 2. The minimum absolute atomic E-state index is 0. The second kappa shape index (κ2) is 8.93. The lowest BCUT2D eigenvalue weighted by atomic mass is 10.1. The highest BCUT2D eigenvalue weighted by atomic mass is 35.5.